The van der Waals surface area contributed by atoms with Gasteiger partial charge in [-0.15, -0.1) is 0 Å². The van der Waals surface area contributed by atoms with E-state index < -0.39 is 0 Å². The summed E-state index contributed by atoms with van der Waals surface area (Å²) in [6.45, 7) is 5.68. The number of carbonyl (C=O) groups excluding carboxylic acids is 1. The maximum atomic E-state index is 11.8. The van der Waals surface area contributed by atoms with Crippen LogP contribution in [0.15, 0.2) is 0 Å². The fraction of sp³-hybridized carbons (Fsp3) is 0.923. The second-order valence-electron chi connectivity index (χ2n) is 5.70. The van der Waals surface area contributed by atoms with Gasteiger partial charge in [-0.3, -0.25) is 4.79 Å². The molecule has 0 saturated heterocycles. The smallest absolute Gasteiger partial charge is 0.236 e. The summed E-state index contributed by atoms with van der Waals surface area (Å²) >= 11 is 0. The molecule has 1 aliphatic rings. The molecule has 0 heterocycles. The molecule has 0 spiro atoms. The van der Waals surface area contributed by atoms with Crippen molar-refractivity contribution < 1.29 is 9.53 Å². The standard InChI is InChI=1S/C13H26N2O2/c1-10(2)8-11(14)12(16)15-9-13(4-5-13)6-7-17-3/h10-11H,4-9,14H2,1-3H3,(H,15,16)/t11-/m0/s1. The van der Waals surface area contributed by atoms with Crippen LogP contribution < -0.4 is 11.1 Å². The molecule has 1 amide bonds. The Kier molecular flexibility index (Phi) is 5.40. The highest BCUT2D eigenvalue weighted by Crippen LogP contribution is 2.48. The van der Waals surface area contributed by atoms with Gasteiger partial charge in [-0.25, -0.2) is 0 Å². The molecule has 3 N–H and O–H groups in total. The van der Waals surface area contributed by atoms with E-state index in [-0.39, 0.29) is 11.9 Å². The normalized spacial score (nSPS) is 19.1. The van der Waals surface area contributed by atoms with Crippen molar-refractivity contribution in [3.05, 3.63) is 0 Å². The van der Waals surface area contributed by atoms with Crippen molar-refractivity contribution in [2.75, 3.05) is 20.3 Å². The minimum Gasteiger partial charge on any atom is -0.385 e. The molecule has 100 valence electrons. The van der Waals surface area contributed by atoms with Gasteiger partial charge in [0.1, 0.15) is 0 Å². The third-order valence-corrected chi connectivity index (χ3v) is 3.49. The number of nitrogens with two attached hydrogens (primary N) is 1. The van der Waals surface area contributed by atoms with Gasteiger partial charge in [0.2, 0.25) is 5.91 Å². The van der Waals surface area contributed by atoms with Crippen LogP contribution in [0.25, 0.3) is 0 Å². The lowest BCUT2D eigenvalue weighted by Crippen LogP contribution is -2.43. The Balaban J connectivity index is 2.23. The van der Waals surface area contributed by atoms with Crippen LogP contribution in [0.3, 0.4) is 0 Å². The van der Waals surface area contributed by atoms with E-state index in [2.05, 4.69) is 19.2 Å². The Labute approximate surface area is 104 Å². The van der Waals surface area contributed by atoms with Crippen molar-refractivity contribution in [2.45, 2.75) is 45.6 Å². The summed E-state index contributed by atoms with van der Waals surface area (Å²) in [5, 5.41) is 2.98. The number of rotatable bonds is 8. The van der Waals surface area contributed by atoms with E-state index in [1.807, 2.05) is 0 Å². The predicted molar refractivity (Wildman–Crippen MR) is 68.6 cm³/mol. The minimum absolute atomic E-state index is 0.0117. The fourth-order valence-electron chi connectivity index (χ4n) is 2.03. The minimum atomic E-state index is -0.367. The molecule has 0 unspecified atom stereocenters. The maximum Gasteiger partial charge on any atom is 0.236 e. The van der Waals surface area contributed by atoms with E-state index in [1.54, 1.807) is 7.11 Å². The summed E-state index contributed by atoms with van der Waals surface area (Å²) in [5.41, 5.74) is 6.13. The average molecular weight is 242 g/mol. The number of carbonyl (C=O) groups is 1. The van der Waals surface area contributed by atoms with Gasteiger partial charge >= 0.3 is 0 Å². The van der Waals surface area contributed by atoms with Crippen LogP contribution in [0.4, 0.5) is 0 Å². The summed E-state index contributed by atoms with van der Waals surface area (Å²) in [4.78, 5) is 11.8. The molecule has 0 aromatic heterocycles. The third-order valence-electron chi connectivity index (χ3n) is 3.49. The number of hydrogen-bond donors (Lipinski definition) is 2. The summed E-state index contributed by atoms with van der Waals surface area (Å²) in [6, 6.07) is -0.367. The lowest BCUT2D eigenvalue weighted by atomic mass is 10.0. The molecule has 4 heteroatoms. The van der Waals surface area contributed by atoms with Gasteiger partial charge in [-0.05, 0) is 37.0 Å². The monoisotopic (exact) mass is 242 g/mol. The van der Waals surface area contributed by atoms with Crippen LogP contribution in [0.1, 0.15) is 39.5 Å². The fourth-order valence-corrected chi connectivity index (χ4v) is 2.03. The number of amides is 1. The Morgan fingerprint density at radius 1 is 1.47 bits per heavy atom. The van der Waals surface area contributed by atoms with E-state index in [4.69, 9.17) is 10.5 Å². The molecule has 0 bridgehead atoms. The highest BCUT2D eigenvalue weighted by atomic mass is 16.5. The number of ether oxygens (including phenoxy) is 1. The van der Waals surface area contributed by atoms with Crippen molar-refractivity contribution in [3.8, 4) is 0 Å². The van der Waals surface area contributed by atoms with Crippen LogP contribution in [0, 0.1) is 11.3 Å². The number of nitrogens with one attached hydrogen (secondary N) is 1. The van der Waals surface area contributed by atoms with Gasteiger partial charge in [0.15, 0.2) is 0 Å². The van der Waals surface area contributed by atoms with Crippen LogP contribution in [-0.4, -0.2) is 32.2 Å². The van der Waals surface area contributed by atoms with Crippen molar-refractivity contribution in [1.29, 1.82) is 0 Å². The van der Waals surface area contributed by atoms with Gasteiger partial charge < -0.3 is 15.8 Å². The molecule has 4 nitrogen and oxygen atoms in total. The molecule has 0 aromatic rings. The zero-order chi connectivity index (χ0) is 12.9. The van der Waals surface area contributed by atoms with E-state index in [9.17, 15) is 4.79 Å². The molecule has 0 radical (unpaired) electrons. The Hall–Kier alpha value is -0.610. The number of hydrogen-bond acceptors (Lipinski definition) is 3. The molecule has 1 saturated carbocycles. The highest BCUT2D eigenvalue weighted by molar-refractivity contribution is 5.81. The Morgan fingerprint density at radius 2 is 2.12 bits per heavy atom. The molecule has 0 aromatic carbocycles. The van der Waals surface area contributed by atoms with Crippen LogP contribution in [-0.2, 0) is 9.53 Å². The van der Waals surface area contributed by atoms with Gasteiger partial charge in [-0.2, -0.15) is 0 Å². The first-order valence-corrected chi connectivity index (χ1v) is 6.51. The Bertz CT molecular complexity index is 250. The van der Waals surface area contributed by atoms with E-state index in [0.29, 0.717) is 11.3 Å². The third kappa shape index (κ3) is 5.04. The van der Waals surface area contributed by atoms with Gasteiger partial charge in [0, 0.05) is 20.3 Å². The van der Waals surface area contributed by atoms with Crippen LogP contribution in [0.2, 0.25) is 0 Å². The number of methoxy groups -OCH3 is 1. The average Bonchev–Trinajstić information content (AvgIpc) is 3.03. The second kappa shape index (κ2) is 6.36. The second-order valence-corrected chi connectivity index (χ2v) is 5.70. The van der Waals surface area contributed by atoms with Crippen molar-refractivity contribution in [1.82, 2.24) is 5.32 Å². The topological polar surface area (TPSA) is 64.3 Å². The first kappa shape index (κ1) is 14.5. The SMILES string of the molecule is COCCC1(CNC(=O)[C@@H](N)CC(C)C)CC1. The zero-order valence-corrected chi connectivity index (χ0v) is 11.3. The van der Waals surface area contributed by atoms with E-state index in [1.165, 1.54) is 12.8 Å². The lowest BCUT2D eigenvalue weighted by Gasteiger charge is -2.18. The van der Waals surface area contributed by atoms with Gasteiger partial charge in [0.25, 0.3) is 0 Å². The molecule has 1 fully saturated rings. The first-order chi connectivity index (χ1) is 7.99. The summed E-state index contributed by atoms with van der Waals surface area (Å²) in [6.07, 6.45) is 4.16. The highest BCUT2D eigenvalue weighted by Gasteiger charge is 2.42. The van der Waals surface area contributed by atoms with E-state index >= 15 is 0 Å². The van der Waals surface area contributed by atoms with Crippen molar-refractivity contribution in [3.63, 3.8) is 0 Å². The maximum absolute atomic E-state index is 11.8. The molecule has 1 atom stereocenters. The summed E-state index contributed by atoms with van der Waals surface area (Å²) < 4.78 is 5.09. The van der Waals surface area contributed by atoms with E-state index in [0.717, 1.165) is 26.0 Å². The summed E-state index contributed by atoms with van der Waals surface area (Å²) in [5.74, 6) is 0.446. The van der Waals surface area contributed by atoms with Crippen LogP contribution >= 0.6 is 0 Å². The molecule has 17 heavy (non-hydrogen) atoms. The quantitative estimate of drug-likeness (QED) is 0.674. The molecule has 1 rings (SSSR count). The molecular weight excluding hydrogens is 216 g/mol. The molecule has 1 aliphatic carbocycles. The van der Waals surface area contributed by atoms with Crippen molar-refractivity contribution >= 4 is 5.91 Å². The van der Waals surface area contributed by atoms with Crippen molar-refractivity contribution in [2.24, 2.45) is 17.1 Å². The molecular formula is C13H26N2O2. The van der Waals surface area contributed by atoms with Crippen LogP contribution in [0.5, 0.6) is 0 Å². The first-order valence-electron chi connectivity index (χ1n) is 6.51. The Morgan fingerprint density at radius 3 is 2.59 bits per heavy atom. The van der Waals surface area contributed by atoms with Gasteiger partial charge in [0.05, 0.1) is 6.04 Å². The predicted octanol–water partition coefficient (Wildman–Crippen LogP) is 1.29. The molecule has 0 aliphatic heterocycles. The summed E-state index contributed by atoms with van der Waals surface area (Å²) in [7, 11) is 1.72. The zero-order valence-electron chi connectivity index (χ0n) is 11.3. The lowest BCUT2D eigenvalue weighted by molar-refractivity contribution is -0.123. The largest absolute Gasteiger partial charge is 0.385 e. The van der Waals surface area contributed by atoms with Gasteiger partial charge in [-0.1, -0.05) is 13.8 Å².